The molecule has 0 unspecified atom stereocenters. The molecule has 8 heteroatoms. The normalized spacial score (nSPS) is 13.7. The summed E-state index contributed by atoms with van der Waals surface area (Å²) in [5.41, 5.74) is 1.49. The molecule has 0 spiro atoms. The van der Waals surface area contributed by atoms with Gasteiger partial charge in [0.1, 0.15) is 30.7 Å². The van der Waals surface area contributed by atoms with Crippen molar-refractivity contribution < 1.29 is 23.7 Å². The Morgan fingerprint density at radius 3 is 3.00 bits per heavy atom. The number of amides is 1. The Kier molecular flexibility index (Phi) is 4.52. The first-order valence-corrected chi connectivity index (χ1v) is 7.90. The van der Waals surface area contributed by atoms with Gasteiger partial charge in [0, 0.05) is 5.56 Å². The van der Waals surface area contributed by atoms with Gasteiger partial charge in [-0.05, 0) is 19.1 Å². The van der Waals surface area contributed by atoms with Crippen LogP contribution >= 0.6 is 11.3 Å². The fourth-order valence-corrected chi connectivity index (χ4v) is 3.15. The summed E-state index contributed by atoms with van der Waals surface area (Å²) in [4.78, 5) is 16.0. The van der Waals surface area contributed by atoms with E-state index in [1.807, 2.05) is 12.1 Å². The van der Waals surface area contributed by atoms with Crippen LogP contribution in [0.1, 0.15) is 12.5 Å². The maximum Gasteiger partial charge on any atom is 0.413 e. The third-order valence-electron chi connectivity index (χ3n) is 3.13. The molecular weight excluding hydrogens is 320 g/mol. The second-order valence-corrected chi connectivity index (χ2v) is 5.56. The first-order chi connectivity index (χ1) is 11.2. The molecule has 0 atom stereocenters. The molecule has 1 aromatic heterocycles. The number of carbonyl (C=O) groups is 1. The van der Waals surface area contributed by atoms with E-state index in [-0.39, 0.29) is 0 Å². The summed E-state index contributed by atoms with van der Waals surface area (Å²) in [7, 11) is 1.58. The molecule has 1 aliphatic rings. The largest absolute Gasteiger partial charge is 0.494 e. The number of nitrogens with one attached hydrogen (secondary N) is 1. The Morgan fingerprint density at radius 1 is 1.43 bits per heavy atom. The third kappa shape index (κ3) is 3.16. The van der Waals surface area contributed by atoms with Gasteiger partial charge in [-0.3, -0.25) is 5.32 Å². The number of ether oxygens (including phenoxy) is 4. The van der Waals surface area contributed by atoms with E-state index in [0.717, 1.165) is 10.3 Å². The smallest absolute Gasteiger partial charge is 0.413 e. The fraction of sp³-hybridized carbons (Fsp3) is 0.333. The van der Waals surface area contributed by atoms with Gasteiger partial charge in [0.2, 0.25) is 0 Å². The van der Waals surface area contributed by atoms with Gasteiger partial charge in [0.15, 0.2) is 10.9 Å². The number of rotatable bonds is 4. The van der Waals surface area contributed by atoms with Crippen LogP contribution in [0.25, 0.3) is 16.0 Å². The molecule has 1 amide bonds. The van der Waals surface area contributed by atoms with E-state index >= 15 is 0 Å². The van der Waals surface area contributed by atoms with Crippen LogP contribution in [0.4, 0.5) is 9.93 Å². The van der Waals surface area contributed by atoms with E-state index in [1.54, 1.807) is 20.3 Å². The van der Waals surface area contributed by atoms with Gasteiger partial charge in [-0.25, -0.2) is 9.78 Å². The Morgan fingerprint density at radius 2 is 2.30 bits per heavy atom. The number of thiazole rings is 1. The molecule has 23 heavy (non-hydrogen) atoms. The molecule has 1 N–H and O–H groups in total. The zero-order valence-corrected chi connectivity index (χ0v) is 13.6. The fourth-order valence-electron chi connectivity index (χ4n) is 2.16. The monoisotopic (exact) mass is 336 g/mol. The Balaban J connectivity index is 2.03. The molecule has 0 aliphatic carbocycles. The minimum absolute atomic E-state index is 0.295. The summed E-state index contributed by atoms with van der Waals surface area (Å²) in [6.07, 6.45) is 1.05. The van der Waals surface area contributed by atoms with Crippen molar-refractivity contribution in [3.8, 4) is 5.75 Å². The molecule has 1 aliphatic heterocycles. The summed E-state index contributed by atoms with van der Waals surface area (Å²) in [6.45, 7) is 3.06. The number of anilines is 1. The minimum atomic E-state index is -0.538. The predicted molar refractivity (Wildman–Crippen MR) is 86.7 cm³/mol. The van der Waals surface area contributed by atoms with Crippen LogP contribution in [0.2, 0.25) is 0 Å². The molecule has 0 bridgehead atoms. The van der Waals surface area contributed by atoms with Gasteiger partial charge in [-0.2, -0.15) is 0 Å². The van der Waals surface area contributed by atoms with Crippen molar-refractivity contribution in [1.29, 1.82) is 0 Å². The predicted octanol–water partition coefficient (Wildman–Crippen LogP) is 3.22. The molecule has 3 rings (SSSR count). The van der Waals surface area contributed by atoms with E-state index in [2.05, 4.69) is 10.3 Å². The van der Waals surface area contributed by atoms with Crippen molar-refractivity contribution in [1.82, 2.24) is 4.98 Å². The molecule has 2 aromatic rings. The average Bonchev–Trinajstić information content (AvgIpc) is 2.98. The standard InChI is InChI=1S/C15H16N2O5S/c1-3-21-15(18)17-14-16-12-10(19-2)5-4-9(13(12)23-14)11-8-20-6-7-22-11/h4-5,8H,3,6-7H2,1-2H3,(H,16,17,18). The van der Waals surface area contributed by atoms with Crippen molar-refractivity contribution in [2.45, 2.75) is 6.92 Å². The number of hydrogen-bond donors (Lipinski definition) is 1. The van der Waals surface area contributed by atoms with E-state index in [1.165, 1.54) is 11.3 Å². The van der Waals surface area contributed by atoms with Crippen LogP contribution in [0.5, 0.6) is 5.75 Å². The Hall–Kier alpha value is -2.48. The molecule has 0 saturated carbocycles. The van der Waals surface area contributed by atoms with E-state index in [9.17, 15) is 4.79 Å². The highest BCUT2D eigenvalue weighted by Gasteiger charge is 2.19. The number of methoxy groups -OCH3 is 1. The number of nitrogens with zero attached hydrogens (tertiary/aromatic N) is 1. The zero-order valence-electron chi connectivity index (χ0n) is 12.8. The van der Waals surface area contributed by atoms with Gasteiger partial charge in [0.05, 0.1) is 18.4 Å². The third-order valence-corrected chi connectivity index (χ3v) is 4.13. The second kappa shape index (κ2) is 6.74. The number of benzene rings is 1. The summed E-state index contributed by atoms with van der Waals surface area (Å²) in [5, 5.41) is 3.04. The second-order valence-electron chi connectivity index (χ2n) is 4.56. The van der Waals surface area contributed by atoms with Crippen LogP contribution in [-0.2, 0) is 14.2 Å². The Labute approximate surface area is 136 Å². The van der Waals surface area contributed by atoms with Gasteiger partial charge in [-0.1, -0.05) is 11.3 Å². The van der Waals surface area contributed by atoms with Crippen molar-refractivity contribution in [2.24, 2.45) is 0 Å². The number of carbonyl (C=O) groups excluding carboxylic acids is 1. The lowest BCUT2D eigenvalue weighted by atomic mass is 10.1. The highest BCUT2D eigenvalue weighted by atomic mass is 32.1. The van der Waals surface area contributed by atoms with E-state index in [0.29, 0.717) is 42.0 Å². The van der Waals surface area contributed by atoms with E-state index in [4.69, 9.17) is 18.9 Å². The van der Waals surface area contributed by atoms with Crippen LogP contribution in [-0.4, -0.2) is 38.0 Å². The van der Waals surface area contributed by atoms with E-state index < -0.39 is 6.09 Å². The topological polar surface area (TPSA) is 78.9 Å². The average molecular weight is 336 g/mol. The minimum Gasteiger partial charge on any atom is -0.494 e. The van der Waals surface area contributed by atoms with Gasteiger partial charge >= 0.3 is 6.09 Å². The molecular formula is C15H16N2O5S. The van der Waals surface area contributed by atoms with Crippen LogP contribution in [0, 0.1) is 0 Å². The highest BCUT2D eigenvalue weighted by molar-refractivity contribution is 7.22. The van der Waals surface area contributed by atoms with Crippen molar-refractivity contribution in [3.63, 3.8) is 0 Å². The van der Waals surface area contributed by atoms with Crippen molar-refractivity contribution >= 4 is 38.5 Å². The maximum absolute atomic E-state index is 11.6. The molecule has 0 saturated heterocycles. The zero-order chi connectivity index (χ0) is 16.2. The summed E-state index contributed by atoms with van der Waals surface area (Å²) in [6, 6.07) is 3.69. The summed E-state index contributed by atoms with van der Waals surface area (Å²) < 4.78 is 22.0. The molecule has 1 aromatic carbocycles. The SMILES string of the molecule is CCOC(=O)Nc1nc2c(OC)ccc(C3=COCCO3)c2s1. The van der Waals surface area contributed by atoms with Crippen LogP contribution < -0.4 is 10.1 Å². The van der Waals surface area contributed by atoms with Crippen molar-refractivity contribution in [3.05, 3.63) is 24.0 Å². The highest BCUT2D eigenvalue weighted by Crippen LogP contribution is 2.38. The first-order valence-electron chi connectivity index (χ1n) is 7.09. The first kappa shape index (κ1) is 15.4. The lowest BCUT2D eigenvalue weighted by molar-refractivity contribution is 0.126. The number of fused-ring (bicyclic) bond motifs is 1. The molecule has 0 fully saturated rings. The maximum atomic E-state index is 11.6. The summed E-state index contributed by atoms with van der Waals surface area (Å²) in [5.74, 6) is 1.25. The van der Waals surface area contributed by atoms with Crippen LogP contribution in [0.15, 0.2) is 18.4 Å². The van der Waals surface area contributed by atoms with Crippen LogP contribution in [0.3, 0.4) is 0 Å². The molecule has 122 valence electrons. The van der Waals surface area contributed by atoms with Gasteiger partial charge in [0.25, 0.3) is 0 Å². The molecule has 0 radical (unpaired) electrons. The Bertz CT molecular complexity index is 756. The number of aromatic nitrogens is 1. The number of hydrogen-bond acceptors (Lipinski definition) is 7. The lowest BCUT2D eigenvalue weighted by Crippen LogP contribution is -2.12. The molecule has 2 heterocycles. The van der Waals surface area contributed by atoms with Gasteiger partial charge < -0.3 is 18.9 Å². The lowest BCUT2D eigenvalue weighted by Gasteiger charge is -2.16. The summed E-state index contributed by atoms with van der Waals surface area (Å²) >= 11 is 1.32. The quantitative estimate of drug-likeness (QED) is 0.923. The van der Waals surface area contributed by atoms with Gasteiger partial charge in [-0.15, -0.1) is 0 Å². The molecule has 7 nitrogen and oxygen atoms in total. The van der Waals surface area contributed by atoms with Crippen molar-refractivity contribution in [2.75, 3.05) is 32.2 Å².